The summed E-state index contributed by atoms with van der Waals surface area (Å²) in [5.41, 5.74) is -0.551. The molecule has 0 aromatic heterocycles. The fraction of sp³-hybridized carbons (Fsp3) is 0.375. The molecule has 168 valence electrons. The maximum atomic E-state index is 13.7. The minimum absolute atomic E-state index is 0.0218. The number of carbonyl (C=O) groups excluding carboxylic acids is 2. The van der Waals surface area contributed by atoms with Gasteiger partial charge < -0.3 is 9.84 Å². The molecule has 2 fully saturated rings. The monoisotopic (exact) mass is 456 g/mol. The zero-order valence-corrected chi connectivity index (χ0v) is 18.8. The number of carbonyl (C=O) groups is 3. The summed E-state index contributed by atoms with van der Waals surface area (Å²) in [6, 6.07) is 13.0. The van der Waals surface area contributed by atoms with E-state index in [1.807, 2.05) is 13.8 Å². The topological polar surface area (TPSA) is 95.9 Å². The smallest absolute Gasteiger partial charge is 0.324 e. The molecular formula is C24H25ClN2O5. The number of carboxylic acid groups (broad SMARTS) is 1. The van der Waals surface area contributed by atoms with Crippen LogP contribution in [0.3, 0.4) is 0 Å². The van der Waals surface area contributed by atoms with Crippen molar-refractivity contribution in [1.29, 1.82) is 0 Å². The van der Waals surface area contributed by atoms with Crippen molar-refractivity contribution in [3.05, 3.63) is 59.1 Å². The summed E-state index contributed by atoms with van der Waals surface area (Å²) in [7, 11) is 1.46. The number of aliphatic carboxylic acids is 1. The van der Waals surface area contributed by atoms with Crippen molar-refractivity contribution in [3.63, 3.8) is 0 Å². The van der Waals surface area contributed by atoms with Crippen LogP contribution in [-0.2, 0) is 14.4 Å². The Morgan fingerprint density at radius 2 is 1.81 bits per heavy atom. The Morgan fingerprint density at radius 1 is 1.16 bits per heavy atom. The van der Waals surface area contributed by atoms with Crippen molar-refractivity contribution >= 4 is 35.1 Å². The van der Waals surface area contributed by atoms with Gasteiger partial charge in [-0.3, -0.25) is 19.7 Å². The fourth-order valence-corrected chi connectivity index (χ4v) is 5.25. The second-order valence-corrected chi connectivity index (χ2v) is 9.17. The van der Waals surface area contributed by atoms with Gasteiger partial charge in [-0.2, -0.15) is 0 Å². The number of nitrogens with zero attached hydrogens (tertiary/aromatic N) is 1. The lowest BCUT2D eigenvalue weighted by Crippen LogP contribution is -2.56. The third kappa shape index (κ3) is 3.36. The van der Waals surface area contributed by atoms with Crippen LogP contribution in [0.2, 0.25) is 5.02 Å². The van der Waals surface area contributed by atoms with Crippen LogP contribution >= 0.6 is 11.6 Å². The van der Waals surface area contributed by atoms with E-state index < -0.39 is 41.2 Å². The highest BCUT2D eigenvalue weighted by Gasteiger charge is 2.68. The molecule has 0 spiro atoms. The molecule has 2 aliphatic rings. The number of hydrogen-bond acceptors (Lipinski definition) is 5. The minimum atomic E-state index is -1.58. The largest absolute Gasteiger partial charge is 0.495 e. The van der Waals surface area contributed by atoms with E-state index >= 15 is 0 Å². The quantitative estimate of drug-likeness (QED) is 0.644. The minimum Gasteiger partial charge on any atom is -0.495 e. The normalized spacial score (nSPS) is 27.2. The van der Waals surface area contributed by atoms with Crippen LogP contribution in [0.25, 0.3) is 0 Å². The molecule has 4 atom stereocenters. The van der Waals surface area contributed by atoms with Gasteiger partial charge in [0.2, 0.25) is 11.8 Å². The molecule has 0 radical (unpaired) electrons. The van der Waals surface area contributed by atoms with Crippen LogP contribution in [0.15, 0.2) is 48.5 Å². The van der Waals surface area contributed by atoms with E-state index in [9.17, 15) is 19.5 Å². The molecule has 2 aromatic rings. The first-order valence-corrected chi connectivity index (χ1v) is 10.9. The molecule has 0 unspecified atom stereocenters. The molecule has 32 heavy (non-hydrogen) atoms. The van der Waals surface area contributed by atoms with Crippen LogP contribution in [0, 0.1) is 17.8 Å². The van der Waals surface area contributed by atoms with Gasteiger partial charge in [-0.15, -0.1) is 0 Å². The van der Waals surface area contributed by atoms with Gasteiger partial charge in [0, 0.05) is 11.1 Å². The van der Waals surface area contributed by atoms with Gasteiger partial charge in [-0.1, -0.05) is 49.7 Å². The summed E-state index contributed by atoms with van der Waals surface area (Å²) >= 11 is 6.04. The number of carboxylic acids is 1. The highest BCUT2D eigenvalue weighted by molar-refractivity contribution is 6.30. The number of para-hydroxylation sites is 2. The average Bonchev–Trinajstić information content (AvgIpc) is 3.22. The summed E-state index contributed by atoms with van der Waals surface area (Å²) in [6.07, 6.45) is 0.201. The van der Waals surface area contributed by atoms with E-state index in [2.05, 4.69) is 5.32 Å². The zero-order valence-electron chi connectivity index (χ0n) is 18.0. The molecule has 2 N–H and O–H groups in total. The number of benzene rings is 2. The fourth-order valence-electron chi connectivity index (χ4n) is 5.13. The number of imide groups is 1. The predicted molar refractivity (Wildman–Crippen MR) is 120 cm³/mol. The van der Waals surface area contributed by atoms with Gasteiger partial charge in [0.1, 0.15) is 11.3 Å². The summed E-state index contributed by atoms with van der Waals surface area (Å²) in [5, 5.41) is 14.1. The van der Waals surface area contributed by atoms with E-state index in [4.69, 9.17) is 16.3 Å². The van der Waals surface area contributed by atoms with Gasteiger partial charge in [0.15, 0.2) is 0 Å². The van der Waals surface area contributed by atoms with Crippen LogP contribution in [0.1, 0.15) is 31.9 Å². The molecule has 2 aliphatic heterocycles. The number of methoxy groups -OCH3 is 1. The molecule has 4 rings (SSSR count). The third-order valence-corrected chi connectivity index (χ3v) is 6.57. The number of ether oxygens (including phenoxy) is 1. The Balaban J connectivity index is 1.88. The highest BCUT2D eigenvalue weighted by Crippen LogP contribution is 2.52. The summed E-state index contributed by atoms with van der Waals surface area (Å²) < 4.78 is 5.37. The number of nitrogens with one attached hydrogen (secondary N) is 1. The Hall–Kier alpha value is -2.90. The van der Waals surface area contributed by atoms with Gasteiger partial charge in [0.25, 0.3) is 0 Å². The van der Waals surface area contributed by atoms with E-state index in [1.165, 1.54) is 7.11 Å². The van der Waals surface area contributed by atoms with Crippen LogP contribution in [0.4, 0.5) is 5.69 Å². The van der Waals surface area contributed by atoms with Crippen LogP contribution < -0.4 is 15.0 Å². The highest BCUT2D eigenvalue weighted by atomic mass is 35.5. The Bertz CT molecular complexity index is 1070. The standard InChI is InChI=1S/C24H25ClN2O5/c1-13(2)12-24(23(30)31)19-18(20(26-24)14-8-10-15(25)11-9-14)21(28)27(22(19)29)16-6-4-5-7-17(16)32-3/h4-11,13,18-20,26H,12H2,1-3H3,(H,30,31)/t18-,19-,20-,24-/m0/s1. The third-order valence-electron chi connectivity index (χ3n) is 6.32. The average molecular weight is 457 g/mol. The van der Waals surface area contributed by atoms with Crippen molar-refractivity contribution in [2.75, 3.05) is 12.0 Å². The van der Waals surface area contributed by atoms with Crippen molar-refractivity contribution < 1.29 is 24.2 Å². The van der Waals surface area contributed by atoms with Crippen molar-refractivity contribution in [2.45, 2.75) is 31.8 Å². The number of hydrogen-bond donors (Lipinski definition) is 2. The summed E-state index contributed by atoms with van der Waals surface area (Å²) in [5.74, 6) is -3.69. The Kier molecular flexibility index (Phi) is 5.73. The molecule has 8 heteroatoms. The van der Waals surface area contributed by atoms with Crippen molar-refractivity contribution in [2.24, 2.45) is 17.8 Å². The number of fused-ring (bicyclic) bond motifs is 1. The molecular weight excluding hydrogens is 432 g/mol. The molecule has 2 heterocycles. The number of halogens is 1. The maximum Gasteiger partial charge on any atom is 0.324 e. The number of rotatable bonds is 6. The molecule has 2 amide bonds. The first kappa shape index (κ1) is 22.3. The zero-order chi connectivity index (χ0) is 23.2. The molecule has 0 saturated carbocycles. The van der Waals surface area contributed by atoms with Crippen molar-refractivity contribution in [3.8, 4) is 5.75 Å². The summed E-state index contributed by atoms with van der Waals surface area (Å²) in [4.78, 5) is 41.2. The van der Waals surface area contributed by atoms with Crippen LogP contribution in [0.5, 0.6) is 5.75 Å². The van der Waals surface area contributed by atoms with E-state index in [0.717, 1.165) is 4.90 Å². The lowest BCUT2D eigenvalue weighted by atomic mass is 9.75. The maximum absolute atomic E-state index is 13.7. The van der Waals surface area contributed by atoms with Gasteiger partial charge in [0.05, 0.1) is 24.6 Å². The summed E-state index contributed by atoms with van der Waals surface area (Å²) in [6.45, 7) is 3.80. The molecule has 2 saturated heterocycles. The lowest BCUT2D eigenvalue weighted by molar-refractivity contribution is -0.149. The number of amides is 2. The second kappa shape index (κ2) is 8.22. The van der Waals surface area contributed by atoms with E-state index in [-0.39, 0.29) is 12.3 Å². The number of anilines is 1. The van der Waals surface area contributed by atoms with Gasteiger partial charge in [-0.25, -0.2) is 4.90 Å². The SMILES string of the molecule is COc1ccccc1N1C(=O)[C@H]2[C@@H](C1=O)[C@@](CC(C)C)(C(=O)O)N[C@H]2c1ccc(Cl)cc1. The van der Waals surface area contributed by atoms with E-state index in [1.54, 1.807) is 48.5 Å². The van der Waals surface area contributed by atoms with E-state index in [0.29, 0.717) is 22.0 Å². The van der Waals surface area contributed by atoms with Gasteiger partial charge in [-0.05, 0) is 42.2 Å². The molecule has 0 bridgehead atoms. The first-order chi connectivity index (χ1) is 15.2. The molecule has 2 aromatic carbocycles. The Labute approximate surface area is 191 Å². The first-order valence-electron chi connectivity index (χ1n) is 10.5. The second-order valence-electron chi connectivity index (χ2n) is 8.74. The lowest BCUT2D eigenvalue weighted by Gasteiger charge is -2.32. The van der Waals surface area contributed by atoms with Gasteiger partial charge >= 0.3 is 5.97 Å². The predicted octanol–water partition coefficient (Wildman–Crippen LogP) is 3.67. The van der Waals surface area contributed by atoms with Crippen molar-refractivity contribution in [1.82, 2.24) is 5.32 Å². The molecule has 0 aliphatic carbocycles. The Morgan fingerprint density at radius 3 is 2.41 bits per heavy atom. The van der Waals surface area contributed by atoms with Crippen LogP contribution in [-0.4, -0.2) is 35.5 Å². The molecule has 7 nitrogen and oxygen atoms in total.